The summed E-state index contributed by atoms with van der Waals surface area (Å²) in [5, 5.41) is 15.3. The van der Waals surface area contributed by atoms with E-state index in [0.717, 1.165) is 43.8 Å². The molecule has 0 unspecified atom stereocenters. The number of aryl methyl sites for hydroxylation is 1. The van der Waals surface area contributed by atoms with Crippen molar-refractivity contribution in [2.75, 3.05) is 18.5 Å². The molecule has 0 amide bonds. The third-order valence-corrected chi connectivity index (χ3v) is 16.8. The van der Waals surface area contributed by atoms with E-state index in [2.05, 4.69) is 73.8 Å². The van der Waals surface area contributed by atoms with Gasteiger partial charge in [-0.2, -0.15) is 4.98 Å². The predicted octanol–water partition coefficient (Wildman–Crippen LogP) is 7.39. The van der Waals surface area contributed by atoms with Crippen LogP contribution >= 0.6 is 0 Å². The van der Waals surface area contributed by atoms with E-state index < -0.39 is 13.9 Å². The molecule has 1 fully saturated rings. The Bertz CT molecular complexity index is 1990. The Hall–Kier alpha value is -3.64. The van der Waals surface area contributed by atoms with Gasteiger partial charge in [-0.15, -0.1) is 6.58 Å². The molecule has 1 aromatic carbocycles. The van der Waals surface area contributed by atoms with Crippen LogP contribution in [0.2, 0.25) is 18.1 Å². The fourth-order valence-corrected chi connectivity index (χ4v) is 9.01. The maximum absolute atomic E-state index is 13.5. The lowest BCUT2D eigenvalue weighted by Crippen LogP contribution is -2.44. The minimum Gasteiger partial charge on any atom is -0.417 e. The molecule has 10 nitrogen and oxygen atoms in total. The summed E-state index contributed by atoms with van der Waals surface area (Å²) < 4.78 is 9.89. The van der Waals surface area contributed by atoms with E-state index in [-0.39, 0.29) is 17.1 Å². The van der Waals surface area contributed by atoms with Crippen LogP contribution in [0.15, 0.2) is 54.0 Å². The zero-order chi connectivity index (χ0) is 36.1. The van der Waals surface area contributed by atoms with Crippen LogP contribution in [0.5, 0.6) is 0 Å². The van der Waals surface area contributed by atoms with E-state index in [1.807, 2.05) is 19.1 Å². The number of fused-ring (bicyclic) bond motifs is 3. The van der Waals surface area contributed by atoms with E-state index in [1.165, 1.54) is 36.8 Å². The molecule has 7 rings (SSSR count). The van der Waals surface area contributed by atoms with Gasteiger partial charge in [-0.25, -0.2) is 19.3 Å². The topological polar surface area (TPSA) is 110 Å². The summed E-state index contributed by atoms with van der Waals surface area (Å²) in [4.78, 5) is 30.5. The van der Waals surface area contributed by atoms with Crippen LogP contribution in [-0.4, -0.2) is 61.8 Å². The van der Waals surface area contributed by atoms with Crippen LogP contribution < -0.4 is 10.9 Å². The molecule has 11 heteroatoms. The van der Waals surface area contributed by atoms with Crippen LogP contribution in [0, 0.1) is 5.92 Å². The Morgan fingerprint density at radius 3 is 2.57 bits per heavy atom. The highest BCUT2D eigenvalue weighted by molar-refractivity contribution is 6.74. The number of hydrogen-bond donors (Lipinski definition) is 2. The van der Waals surface area contributed by atoms with Gasteiger partial charge in [0.25, 0.3) is 5.56 Å². The Morgan fingerprint density at radius 2 is 1.84 bits per heavy atom. The van der Waals surface area contributed by atoms with Gasteiger partial charge in [0.1, 0.15) is 11.0 Å². The van der Waals surface area contributed by atoms with Gasteiger partial charge in [0.05, 0.1) is 12.2 Å². The SMILES string of the molecule is C=CCn1c(=O)c2cnc(Nc3ccc4c(c3)CCN([C@H]3CC[C@H](CO[Si](C)(C)C(C)(C)C)CC3)C4)nc2n1-c1ccc2c(n1)[C@@](O)(CC)CC2. The van der Waals surface area contributed by atoms with Crippen molar-refractivity contribution in [1.29, 1.82) is 0 Å². The van der Waals surface area contributed by atoms with Gasteiger partial charge in [-0.05, 0) is 110 Å². The molecule has 3 aliphatic rings. The van der Waals surface area contributed by atoms with Crippen LogP contribution in [0.3, 0.4) is 0 Å². The highest BCUT2D eigenvalue weighted by Gasteiger charge is 2.39. The third kappa shape index (κ3) is 6.85. The monoisotopic (exact) mass is 709 g/mol. The lowest BCUT2D eigenvalue weighted by Gasteiger charge is -2.41. The molecule has 2 aliphatic carbocycles. The Labute approximate surface area is 303 Å². The first-order valence-electron chi connectivity index (χ1n) is 18.9. The van der Waals surface area contributed by atoms with Crippen molar-refractivity contribution in [3.8, 4) is 5.82 Å². The van der Waals surface area contributed by atoms with Crippen molar-refractivity contribution in [3.05, 3.63) is 81.9 Å². The largest absolute Gasteiger partial charge is 0.417 e. The highest BCUT2D eigenvalue weighted by atomic mass is 28.4. The van der Waals surface area contributed by atoms with Gasteiger partial charge < -0.3 is 14.8 Å². The molecule has 51 heavy (non-hydrogen) atoms. The lowest BCUT2D eigenvalue weighted by atomic mass is 9.84. The normalized spacial score (nSPS) is 22.6. The summed E-state index contributed by atoms with van der Waals surface area (Å²) in [6.07, 6.45) is 11.3. The second kappa shape index (κ2) is 13.7. The van der Waals surface area contributed by atoms with Crippen LogP contribution in [0.25, 0.3) is 16.9 Å². The summed E-state index contributed by atoms with van der Waals surface area (Å²) in [6.45, 7) is 20.8. The van der Waals surface area contributed by atoms with Crippen molar-refractivity contribution in [2.45, 2.75) is 122 Å². The molecule has 0 spiro atoms. The number of nitrogens with one attached hydrogen (secondary N) is 1. The number of aromatic nitrogens is 5. The van der Waals surface area contributed by atoms with Crippen LogP contribution in [0.4, 0.5) is 11.6 Å². The van der Waals surface area contributed by atoms with Gasteiger partial charge in [0.2, 0.25) is 5.95 Å². The molecule has 272 valence electrons. The van der Waals surface area contributed by atoms with Gasteiger partial charge in [0.15, 0.2) is 19.8 Å². The van der Waals surface area contributed by atoms with Crippen molar-refractivity contribution < 1.29 is 9.53 Å². The zero-order valence-electron chi connectivity index (χ0n) is 31.3. The van der Waals surface area contributed by atoms with Gasteiger partial charge in [0, 0.05) is 37.6 Å². The van der Waals surface area contributed by atoms with Gasteiger partial charge >= 0.3 is 0 Å². The number of benzene rings is 1. The first kappa shape index (κ1) is 35.7. The van der Waals surface area contributed by atoms with E-state index in [0.29, 0.717) is 53.3 Å². The molecule has 0 radical (unpaired) electrons. The first-order chi connectivity index (χ1) is 24.3. The molecule has 1 aliphatic heterocycles. The smallest absolute Gasteiger partial charge is 0.278 e. The average molecular weight is 710 g/mol. The number of allylic oxidation sites excluding steroid dienone is 1. The third-order valence-electron chi connectivity index (χ3n) is 12.3. The molecule has 0 saturated heterocycles. The number of anilines is 2. The second-order valence-corrected chi connectivity index (χ2v) is 21.4. The Balaban J connectivity index is 1.05. The number of pyridine rings is 1. The molecular formula is C40H55N7O3Si. The first-order valence-corrected chi connectivity index (χ1v) is 21.8. The minimum absolute atomic E-state index is 0.212. The van der Waals surface area contributed by atoms with Crippen LogP contribution in [0.1, 0.15) is 88.6 Å². The molecule has 3 aromatic heterocycles. The van der Waals surface area contributed by atoms with Crippen molar-refractivity contribution in [3.63, 3.8) is 0 Å². The molecule has 4 aromatic rings. The van der Waals surface area contributed by atoms with Crippen molar-refractivity contribution in [1.82, 2.24) is 29.2 Å². The molecule has 0 bridgehead atoms. The summed E-state index contributed by atoms with van der Waals surface area (Å²) in [6, 6.07) is 11.1. The van der Waals surface area contributed by atoms with E-state index in [1.54, 1.807) is 21.6 Å². The quantitative estimate of drug-likeness (QED) is 0.130. The Morgan fingerprint density at radius 1 is 1.08 bits per heavy atom. The number of aliphatic hydroxyl groups is 1. The molecule has 4 heterocycles. The number of nitrogens with zero attached hydrogens (tertiary/aromatic N) is 6. The molecule has 1 atom stereocenters. The van der Waals surface area contributed by atoms with Crippen molar-refractivity contribution >= 4 is 31.0 Å². The molecule has 1 saturated carbocycles. The predicted molar refractivity (Wildman–Crippen MR) is 206 cm³/mol. The molecular weight excluding hydrogens is 655 g/mol. The molecule has 2 N–H and O–H groups in total. The fraction of sp³-hybridized carbons (Fsp3) is 0.550. The maximum Gasteiger partial charge on any atom is 0.278 e. The Kier molecular flexibility index (Phi) is 9.62. The highest BCUT2D eigenvalue weighted by Crippen LogP contribution is 2.40. The van der Waals surface area contributed by atoms with Gasteiger partial charge in [-0.3, -0.25) is 9.69 Å². The standard InChI is InChI=1S/C40H55N7O3Si/c1-8-21-46-37(48)33-24-41-38(44-36(33)47(46)34-17-13-28-18-20-40(49,9-2)35(28)43-34)42-31-14-12-30-25-45(22-19-29(30)23-31)32-15-10-27(11-16-32)26-50-51(6,7)39(3,4)5/h8,12-14,17,23-24,27,32,49H,1,9-11,15-16,18-22,25-26H2,2-7H3,(H,41,42,44)/t27-,32-,40-/m1/s1. The minimum atomic E-state index is -1.70. The zero-order valence-corrected chi connectivity index (χ0v) is 32.3. The summed E-state index contributed by atoms with van der Waals surface area (Å²) >= 11 is 0. The second-order valence-electron chi connectivity index (χ2n) is 16.6. The fourth-order valence-electron chi connectivity index (χ4n) is 7.93. The van der Waals surface area contributed by atoms with Crippen molar-refractivity contribution in [2.24, 2.45) is 5.92 Å². The summed E-state index contributed by atoms with van der Waals surface area (Å²) in [5.74, 6) is 1.63. The van der Waals surface area contributed by atoms with E-state index in [4.69, 9.17) is 14.4 Å². The summed E-state index contributed by atoms with van der Waals surface area (Å²) in [7, 11) is -1.70. The average Bonchev–Trinajstić information content (AvgIpc) is 3.59. The number of rotatable bonds is 10. The summed E-state index contributed by atoms with van der Waals surface area (Å²) in [5.41, 5.74) is 4.66. The number of hydrogen-bond acceptors (Lipinski definition) is 8. The maximum atomic E-state index is 13.5. The van der Waals surface area contributed by atoms with Crippen LogP contribution in [-0.2, 0) is 36.0 Å². The van der Waals surface area contributed by atoms with E-state index in [9.17, 15) is 9.90 Å². The van der Waals surface area contributed by atoms with Gasteiger partial charge in [-0.1, -0.05) is 45.9 Å². The van der Waals surface area contributed by atoms with E-state index >= 15 is 0 Å². The lowest BCUT2D eigenvalue weighted by molar-refractivity contribution is 0.0306.